The van der Waals surface area contributed by atoms with Crippen molar-refractivity contribution in [3.63, 3.8) is 0 Å². The first-order chi connectivity index (χ1) is 11.0. The predicted octanol–water partition coefficient (Wildman–Crippen LogP) is 4.38. The van der Waals surface area contributed by atoms with Gasteiger partial charge in [-0.25, -0.2) is 4.79 Å². The largest absolute Gasteiger partial charge is 0.453 e. The fourth-order valence-corrected chi connectivity index (χ4v) is 5.65. The highest BCUT2D eigenvalue weighted by Crippen LogP contribution is 2.53. The molecule has 1 saturated heterocycles. The van der Waals surface area contributed by atoms with Gasteiger partial charge in [0.2, 0.25) is 0 Å². The Kier molecular flexibility index (Phi) is 5.37. The Labute approximate surface area is 147 Å². The second-order valence-electron chi connectivity index (χ2n) is 9.28. The summed E-state index contributed by atoms with van der Waals surface area (Å²) < 4.78 is 5.01. The van der Waals surface area contributed by atoms with Crippen molar-refractivity contribution in [2.24, 2.45) is 34.5 Å². The standard InChI is InChI=1S/C20H35NO3/c1-13-9-20(12-21(11-13)18(23)24-7)15(3)8-14(2)17(22)19(5,6)10-16(20)4/h13-16H,8-12H2,1-7H3. The summed E-state index contributed by atoms with van der Waals surface area (Å²) in [5.41, 5.74) is -0.221. The van der Waals surface area contributed by atoms with E-state index in [1.54, 1.807) is 0 Å². The molecule has 4 nitrogen and oxygen atoms in total. The molecule has 2 aliphatic rings. The van der Waals surface area contributed by atoms with Crippen LogP contribution in [-0.2, 0) is 9.53 Å². The van der Waals surface area contributed by atoms with Crippen LogP contribution in [0.25, 0.3) is 0 Å². The van der Waals surface area contributed by atoms with E-state index < -0.39 is 0 Å². The summed E-state index contributed by atoms with van der Waals surface area (Å²) in [7, 11) is 1.46. The molecule has 5 atom stereocenters. The van der Waals surface area contributed by atoms with Crippen LogP contribution in [0.2, 0.25) is 0 Å². The van der Waals surface area contributed by atoms with Gasteiger partial charge in [0.15, 0.2) is 0 Å². The van der Waals surface area contributed by atoms with Gasteiger partial charge in [0, 0.05) is 24.4 Å². The number of nitrogens with zero attached hydrogens (tertiary/aromatic N) is 1. The molecule has 2 rings (SSSR count). The lowest BCUT2D eigenvalue weighted by Crippen LogP contribution is -2.56. The number of Topliss-reactive ketones (excluding diaryl/α,β-unsaturated/α-hetero) is 1. The average Bonchev–Trinajstić information content (AvgIpc) is 2.51. The minimum absolute atomic E-state index is 0.0675. The molecule has 2 fully saturated rings. The molecule has 5 unspecified atom stereocenters. The van der Waals surface area contributed by atoms with Gasteiger partial charge >= 0.3 is 6.09 Å². The number of hydrogen-bond acceptors (Lipinski definition) is 3. The first kappa shape index (κ1) is 19.3. The maximum Gasteiger partial charge on any atom is 0.409 e. The van der Waals surface area contributed by atoms with Gasteiger partial charge in [-0.2, -0.15) is 0 Å². The minimum Gasteiger partial charge on any atom is -0.453 e. The summed E-state index contributed by atoms with van der Waals surface area (Å²) in [6.45, 7) is 14.6. The molecular formula is C20H35NO3. The van der Waals surface area contributed by atoms with E-state index in [-0.39, 0.29) is 22.8 Å². The van der Waals surface area contributed by atoms with Crippen molar-refractivity contribution in [3.05, 3.63) is 0 Å². The number of ketones is 1. The third-order valence-corrected chi connectivity index (χ3v) is 6.78. The Hall–Kier alpha value is -1.06. The van der Waals surface area contributed by atoms with Gasteiger partial charge in [0.1, 0.15) is 5.78 Å². The number of amides is 1. The third kappa shape index (κ3) is 3.34. The number of rotatable bonds is 0. The van der Waals surface area contributed by atoms with Crippen molar-refractivity contribution in [1.82, 2.24) is 4.90 Å². The van der Waals surface area contributed by atoms with Crippen molar-refractivity contribution in [2.75, 3.05) is 20.2 Å². The minimum atomic E-state index is -0.289. The van der Waals surface area contributed by atoms with Gasteiger partial charge in [-0.1, -0.05) is 41.5 Å². The molecule has 0 aromatic rings. The Morgan fingerprint density at radius 2 is 1.75 bits per heavy atom. The van der Waals surface area contributed by atoms with Crippen LogP contribution in [0.1, 0.15) is 60.8 Å². The van der Waals surface area contributed by atoms with E-state index in [4.69, 9.17) is 4.74 Å². The maximum absolute atomic E-state index is 12.8. The fourth-order valence-electron chi connectivity index (χ4n) is 5.65. The van der Waals surface area contributed by atoms with Crippen LogP contribution in [-0.4, -0.2) is 37.0 Å². The lowest BCUT2D eigenvalue weighted by molar-refractivity contribution is -0.138. The number of ether oxygens (including phenoxy) is 1. The number of hydrogen-bond donors (Lipinski definition) is 0. The van der Waals surface area contributed by atoms with E-state index in [2.05, 4.69) is 41.5 Å². The molecule has 1 aliphatic heterocycles. The Morgan fingerprint density at radius 1 is 1.12 bits per heavy atom. The predicted molar refractivity (Wildman–Crippen MR) is 95.7 cm³/mol. The topological polar surface area (TPSA) is 46.6 Å². The number of piperidine rings is 1. The summed E-state index contributed by atoms with van der Waals surface area (Å²) in [5.74, 6) is 1.75. The fraction of sp³-hybridized carbons (Fsp3) is 0.900. The summed E-state index contributed by atoms with van der Waals surface area (Å²) in [4.78, 5) is 26.9. The molecule has 1 heterocycles. The highest BCUT2D eigenvalue weighted by atomic mass is 16.5. The van der Waals surface area contributed by atoms with Gasteiger partial charge in [0.05, 0.1) is 7.11 Å². The zero-order valence-corrected chi connectivity index (χ0v) is 16.5. The van der Waals surface area contributed by atoms with Gasteiger partial charge in [-0.3, -0.25) is 4.79 Å². The van der Waals surface area contributed by atoms with Crippen LogP contribution < -0.4 is 0 Å². The second kappa shape index (κ2) is 6.68. The van der Waals surface area contributed by atoms with Crippen LogP contribution in [0.3, 0.4) is 0 Å². The van der Waals surface area contributed by atoms with Gasteiger partial charge in [-0.05, 0) is 42.4 Å². The summed E-state index contributed by atoms with van der Waals surface area (Å²) in [6, 6.07) is 0. The zero-order chi connectivity index (χ0) is 18.3. The Bertz CT molecular complexity index is 501. The summed E-state index contributed by atoms with van der Waals surface area (Å²) >= 11 is 0. The lowest BCUT2D eigenvalue weighted by Gasteiger charge is -2.54. The zero-order valence-electron chi connectivity index (χ0n) is 16.5. The first-order valence-electron chi connectivity index (χ1n) is 9.40. The van der Waals surface area contributed by atoms with Crippen LogP contribution in [0.5, 0.6) is 0 Å². The Morgan fingerprint density at radius 3 is 2.33 bits per heavy atom. The smallest absolute Gasteiger partial charge is 0.409 e. The summed E-state index contributed by atoms with van der Waals surface area (Å²) in [5, 5.41) is 0. The molecule has 1 aliphatic carbocycles. The number of methoxy groups -OCH3 is 1. The number of carbonyl (C=O) groups is 2. The van der Waals surface area contributed by atoms with E-state index >= 15 is 0 Å². The monoisotopic (exact) mass is 337 g/mol. The van der Waals surface area contributed by atoms with Crippen LogP contribution in [0, 0.1) is 34.5 Å². The van der Waals surface area contributed by atoms with Crippen molar-refractivity contribution in [2.45, 2.75) is 60.8 Å². The summed E-state index contributed by atoms with van der Waals surface area (Å²) in [6.07, 6.45) is 2.71. The van der Waals surface area contributed by atoms with Crippen molar-refractivity contribution in [3.8, 4) is 0 Å². The van der Waals surface area contributed by atoms with Crippen LogP contribution in [0.4, 0.5) is 4.79 Å². The van der Waals surface area contributed by atoms with E-state index in [9.17, 15) is 9.59 Å². The molecule has 1 amide bonds. The SMILES string of the molecule is COC(=O)N1CC(C)CC2(C1)C(C)CC(C)C(=O)C(C)(C)CC2C. The highest BCUT2D eigenvalue weighted by molar-refractivity contribution is 5.86. The molecule has 0 N–H and O–H groups in total. The highest BCUT2D eigenvalue weighted by Gasteiger charge is 2.51. The third-order valence-electron chi connectivity index (χ3n) is 6.78. The number of likely N-dealkylation sites (tertiary alicyclic amines) is 1. The van der Waals surface area contributed by atoms with Crippen molar-refractivity contribution in [1.29, 1.82) is 0 Å². The molecule has 138 valence electrons. The molecule has 4 heteroatoms. The lowest BCUT2D eigenvalue weighted by atomic mass is 9.54. The second-order valence-corrected chi connectivity index (χ2v) is 9.28. The van der Waals surface area contributed by atoms with Gasteiger partial charge < -0.3 is 9.64 Å². The van der Waals surface area contributed by atoms with Gasteiger partial charge in [0.25, 0.3) is 0 Å². The maximum atomic E-state index is 12.8. The molecular weight excluding hydrogens is 302 g/mol. The first-order valence-corrected chi connectivity index (χ1v) is 9.40. The quantitative estimate of drug-likeness (QED) is 0.659. The van der Waals surface area contributed by atoms with Crippen LogP contribution >= 0.6 is 0 Å². The van der Waals surface area contributed by atoms with E-state index in [0.29, 0.717) is 23.5 Å². The Balaban J connectivity index is 2.40. The molecule has 0 bridgehead atoms. The molecule has 24 heavy (non-hydrogen) atoms. The number of carbonyl (C=O) groups excluding carboxylic acids is 2. The van der Waals surface area contributed by atoms with E-state index in [0.717, 1.165) is 32.4 Å². The molecule has 0 aromatic heterocycles. The molecule has 1 saturated carbocycles. The van der Waals surface area contributed by atoms with E-state index in [1.165, 1.54) is 7.11 Å². The van der Waals surface area contributed by atoms with E-state index in [1.807, 2.05) is 4.90 Å². The normalized spacial score (nSPS) is 40.1. The molecule has 0 radical (unpaired) electrons. The van der Waals surface area contributed by atoms with Gasteiger partial charge in [-0.15, -0.1) is 0 Å². The average molecular weight is 338 g/mol. The van der Waals surface area contributed by atoms with Crippen LogP contribution in [0.15, 0.2) is 0 Å². The van der Waals surface area contributed by atoms with Crippen molar-refractivity contribution < 1.29 is 14.3 Å². The molecule has 0 aromatic carbocycles. The van der Waals surface area contributed by atoms with Crippen molar-refractivity contribution >= 4 is 11.9 Å². The molecule has 1 spiro atoms.